The van der Waals surface area contributed by atoms with Crippen LogP contribution in [0.1, 0.15) is 12.8 Å². The van der Waals surface area contributed by atoms with Crippen LogP contribution in [0.2, 0.25) is 0 Å². The van der Waals surface area contributed by atoms with Gasteiger partial charge in [-0.2, -0.15) is 5.10 Å². The molecule has 0 unspecified atom stereocenters. The summed E-state index contributed by atoms with van der Waals surface area (Å²) in [5, 5.41) is 17.5. The summed E-state index contributed by atoms with van der Waals surface area (Å²) in [5.74, 6) is 1.08. The quantitative estimate of drug-likeness (QED) is 0.726. The molecule has 1 saturated heterocycles. The maximum Gasteiger partial charge on any atom is 0.147 e. The second-order valence-corrected chi connectivity index (χ2v) is 4.80. The van der Waals surface area contributed by atoms with E-state index in [0.29, 0.717) is 6.04 Å². The minimum Gasteiger partial charge on any atom is -0.367 e. The Kier molecular flexibility index (Phi) is 2.34. The largest absolute Gasteiger partial charge is 0.367 e. The number of aromatic amines is 1. The number of hydrogen-bond acceptors (Lipinski definition) is 4. The molecule has 0 radical (unpaired) electrons. The zero-order valence-corrected chi connectivity index (χ0v) is 9.23. The van der Waals surface area contributed by atoms with E-state index in [4.69, 9.17) is 0 Å². The Bertz CT molecular complexity index is 441. The van der Waals surface area contributed by atoms with Gasteiger partial charge < -0.3 is 10.6 Å². The fraction of sp³-hybridized carbons (Fsp3) is 0.500. The Balaban J connectivity index is 1.79. The number of piperidine rings is 1. The molecule has 1 aliphatic rings. The molecule has 3 rings (SSSR count). The van der Waals surface area contributed by atoms with Crippen molar-refractivity contribution in [3.63, 3.8) is 0 Å². The molecule has 2 aromatic rings. The molecular weight excluding hydrogens is 208 g/mol. The predicted molar refractivity (Wildman–Crippen MR) is 63.5 cm³/mol. The zero-order valence-electron chi connectivity index (χ0n) is 8.42. The molecule has 0 bridgehead atoms. The van der Waals surface area contributed by atoms with Gasteiger partial charge >= 0.3 is 0 Å². The Morgan fingerprint density at radius 2 is 2.27 bits per heavy atom. The lowest BCUT2D eigenvalue weighted by molar-refractivity contribution is 0.478. The Morgan fingerprint density at radius 1 is 1.40 bits per heavy atom. The third kappa shape index (κ3) is 1.72. The fourth-order valence-electron chi connectivity index (χ4n) is 2.03. The Labute approximate surface area is 92.1 Å². The molecule has 1 fully saturated rings. The van der Waals surface area contributed by atoms with E-state index in [1.54, 1.807) is 11.3 Å². The number of hydrogen-bond donors (Lipinski definition) is 3. The lowest BCUT2D eigenvalue weighted by atomic mass is 10.1. The summed E-state index contributed by atoms with van der Waals surface area (Å²) in [4.78, 5) is 1.09. The molecule has 5 heteroatoms. The maximum absolute atomic E-state index is 4.26. The topological polar surface area (TPSA) is 52.7 Å². The molecule has 15 heavy (non-hydrogen) atoms. The smallest absolute Gasteiger partial charge is 0.147 e. The van der Waals surface area contributed by atoms with Crippen molar-refractivity contribution >= 4 is 27.4 Å². The van der Waals surface area contributed by atoms with Crippen molar-refractivity contribution in [1.82, 2.24) is 15.5 Å². The molecule has 0 aliphatic carbocycles. The van der Waals surface area contributed by atoms with Gasteiger partial charge in [0.1, 0.15) is 10.6 Å². The molecule has 0 atom stereocenters. The van der Waals surface area contributed by atoms with Crippen LogP contribution in [0.4, 0.5) is 5.82 Å². The lowest BCUT2D eigenvalue weighted by Gasteiger charge is -2.23. The van der Waals surface area contributed by atoms with E-state index >= 15 is 0 Å². The van der Waals surface area contributed by atoms with E-state index < -0.39 is 0 Å². The molecule has 4 nitrogen and oxygen atoms in total. The van der Waals surface area contributed by atoms with Gasteiger partial charge in [-0.15, -0.1) is 11.3 Å². The van der Waals surface area contributed by atoms with E-state index in [0.717, 1.165) is 23.7 Å². The molecule has 3 heterocycles. The van der Waals surface area contributed by atoms with Crippen LogP contribution in [0.3, 0.4) is 0 Å². The molecule has 80 valence electrons. The average Bonchev–Trinajstić information content (AvgIpc) is 2.85. The van der Waals surface area contributed by atoms with Crippen LogP contribution in [-0.4, -0.2) is 29.3 Å². The first kappa shape index (κ1) is 9.18. The van der Waals surface area contributed by atoms with Gasteiger partial charge in [0.25, 0.3) is 0 Å². The highest BCUT2D eigenvalue weighted by atomic mass is 32.1. The van der Waals surface area contributed by atoms with Crippen molar-refractivity contribution in [1.29, 1.82) is 0 Å². The number of fused-ring (bicyclic) bond motifs is 1. The van der Waals surface area contributed by atoms with Crippen LogP contribution in [0.5, 0.6) is 0 Å². The number of nitrogens with zero attached hydrogens (tertiary/aromatic N) is 1. The second-order valence-electron chi connectivity index (χ2n) is 3.91. The Hall–Kier alpha value is -1.07. The highest BCUT2D eigenvalue weighted by Gasteiger charge is 2.15. The van der Waals surface area contributed by atoms with Gasteiger partial charge in [0.05, 0.1) is 5.39 Å². The third-order valence-corrected chi connectivity index (χ3v) is 3.68. The number of H-pyrrole nitrogens is 1. The SMILES string of the molecule is c1cc2c(NC3CCNCC3)[nH]nc2s1. The molecule has 0 spiro atoms. The van der Waals surface area contributed by atoms with Crippen molar-refractivity contribution in [2.75, 3.05) is 18.4 Å². The average molecular weight is 222 g/mol. The summed E-state index contributed by atoms with van der Waals surface area (Å²) in [7, 11) is 0. The molecule has 1 aliphatic heterocycles. The van der Waals surface area contributed by atoms with Crippen LogP contribution in [0.15, 0.2) is 11.4 Å². The number of aromatic nitrogens is 2. The third-order valence-electron chi connectivity index (χ3n) is 2.87. The number of anilines is 1. The maximum atomic E-state index is 4.26. The van der Waals surface area contributed by atoms with Gasteiger partial charge in [-0.3, -0.25) is 5.10 Å². The fourth-order valence-corrected chi connectivity index (χ4v) is 2.75. The number of nitrogens with one attached hydrogen (secondary N) is 3. The standard InChI is InChI=1S/C10H14N4S/c1-4-11-5-2-7(1)12-9-8-3-6-15-10(8)14-13-9/h3,6-7,11H,1-2,4-5H2,(H2,12,13,14). The van der Waals surface area contributed by atoms with Gasteiger partial charge in [0, 0.05) is 6.04 Å². The summed E-state index contributed by atoms with van der Waals surface area (Å²) in [6, 6.07) is 2.70. The first-order chi connectivity index (χ1) is 7.43. The normalized spacial score (nSPS) is 18.4. The van der Waals surface area contributed by atoms with E-state index in [2.05, 4.69) is 32.3 Å². The second kappa shape index (κ2) is 3.83. The first-order valence-electron chi connectivity index (χ1n) is 5.32. The predicted octanol–water partition coefficient (Wildman–Crippen LogP) is 1.79. The van der Waals surface area contributed by atoms with E-state index in [1.165, 1.54) is 18.2 Å². The summed E-state index contributed by atoms with van der Waals surface area (Å²) in [6.45, 7) is 2.22. The van der Waals surface area contributed by atoms with Crippen molar-refractivity contribution in [2.45, 2.75) is 18.9 Å². The van der Waals surface area contributed by atoms with Crippen molar-refractivity contribution < 1.29 is 0 Å². The van der Waals surface area contributed by atoms with Gasteiger partial charge in [-0.05, 0) is 37.4 Å². The number of rotatable bonds is 2. The van der Waals surface area contributed by atoms with Crippen molar-refractivity contribution in [3.05, 3.63) is 11.4 Å². The van der Waals surface area contributed by atoms with Gasteiger partial charge in [0.15, 0.2) is 0 Å². The van der Waals surface area contributed by atoms with Crippen molar-refractivity contribution in [2.24, 2.45) is 0 Å². The van der Waals surface area contributed by atoms with Crippen LogP contribution in [0.25, 0.3) is 10.2 Å². The molecule has 2 aromatic heterocycles. The van der Waals surface area contributed by atoms with Crippen LogP contribution in [-0.2, 0) is 0 Å². The first-order valence-corrected chi connectivity index (χ1v) is 6.20. The lowest BCUT2D eigenvalue weighted by Crippen LogP contribution is -2.35. The van der Waals surface area contributed by atoms with E-state index in [-0.39, 0.29) is 0 Å². The van der Waals surface area contributed by atoms with Gasteiger partial charge in [-0.1, -0.05) is 0 Å². The van der Waals surface area contributed by atoms with Crippen molar-refractivity contribution in [3.8, 4) is 0 Å². The highest BCUT2D eigenvalue weighted by Crippen LogP contribution is 2.26. The minimum atomic E-state index is 0.579. The summed E-state index contributed by atoms with van der Waals surface area (Å²) in [6.07, 6.45) is 2.37. The highest BCUT2D eigenvalue weighted by molar-refractivity contribution is 7.16. The summed E-state index contributed by atoms with van der Waals surface area (Å²) in [5.41, 5.74) is 0. The van der Waals surface area contributed by atoms with Crippen LogP contribution >= 0.6 is 11.3 Å². The monoisotopic (exact) mass is 222 g/mol. The summed E-state index contributed by atoms with van der Waals surface area (Å²) >= 11 is 1.68. The summed E-state index contributed by atoms with van der Waals surface area (Å²) < 4.78 is 0. The molecule has 0 aromatic carbocycles. The molecule has 0 amide bonds. The van der Waals surface area contributed by atoms with E-state index in [1.807, 2.05) is 0 Å². The molecular formula is C10H14N4S. The van der Waals surface area contributed by atoms with Crippen LogP contribution < -0.4 is 10.6 Å². The zero-order chi connectivity index (χ0) is 10.1. The van der Waals surface area contributed by atoms with Gasteiger partial charge in [0.2, 0.25) is 0 Å². The Morgan fingerprint density at radius 3 is 3.13 bits per heavy atom. The molecule has 0 saturated carbocycles. The molecule has 3 N–H and O–H groups in total. The van der Waals surface area contributed by atoms with Crippen LogP contribution in [0, 0.1) is 0 Å². The number of thiophene rings is 1. The minimum absolute atomic E-state index is 0.579. The van der Waals surface area contributed by atoms with E-state index in [9.17, 15) is 0 Å². The van der Waals surface area contributed by atoms with Gasteiger partial charge in [-0.25, -0.2) is 0 Å².